The van der Waals surface area contributed by atoms with Crippen molar-refractivity contribution in [2.45, 2.75) is 110 Å². The Morgan fingerprint density at radius 3 is 2.40 bits per heavy atom. The fourth-order valence-corrected chi connectivity index (χ4v) is 7.97. The van der Waals surface area contributed by atoms with Crippen molar-refractivity contribution in [1.29, 1.82) is 0 Å². The number of esters is 1. The molecule has 1 aliphatic heterocycles. The number of nitrogens with zero attached hydrogens (tertiary/aromatic N) is 2. The van der Waals surface area contributed by atoms with Gasteiger partial charge in [0.2, 0.25) is 5.91 Å². The number of H-pyrrole nitrogens is 1. The van der Waals surface area contributed by atoms with Gasteiger partial charge in [-0.2, -0.15) is 0 Å². The number of hydrogen-bond donors (Lipinski definition) is 3. The molecule has 2 aliphatic carbocycles. The van der Waals surface area contributed by atoms with Crippen LogP contribution in [-0.2, 0) is 36.6 Å². The molecular formula is C42H53N5O8. The van der Waals surface area contributed by atoms with Crippen molar-refractivity contribution in [1.82, 2.24) is 25.5 Å². The first-order valence-electron chi connectivity index (χ1n) is 19.3. The summed E-state index contributed by atoms with van der Waals surface area (Å²) >= 11 is 0. The van der Waals surface area contributed by atoms with Gasteiger partial charge < -0.3 is 34.7 Å². The van der Waals surface area contributed by atoms with E-state index in [1.54, 1.807) is 17.2 Å². The van der Waals surface area contributed by atoms with E-state index in [0.717, 1.165) is 66.5 Å². The van der Waals surface area contributed by atoms with Crippen LogP contribution >= 0.6 is 0 Å². The SMILES string of the molecule is COC(=O)N[C@H](C(=O)N1CCC[C@H]1c1ncc(-c2ccc3c(c2)CCc2cc(C(=O)COC(=O)C[C@H]4CC[C@@H](NC(=O)OC(C)(C)C)C4)ccc2-3)[nH]1)C(C)C. The van der Waals surface area contributed by atoms with E-state index in [1.165, 1.54) is 12.7 Å². The Labute approximate surface area is 322 Å². The maximum absolute atomic E-state index is 13.6. The quantitative estimate of drug-likeness (QED) is 0.110. The minimum Gasteiger partial charge on any atom is -0.457 e. The summed E-state index contributed by atoms with van der Waals surface area (Å²) in [5, 5.41) is 5.57. The third-order valence-corrected chi connectivity index (χ3v) is 10.7. The van der Waals surface area contributed by atoms with Gasteiger partial charge in [0, 0.05) is 24.6 Å². The van der Waals surface area contributed by atoms with Crippen molar-refractivity contribution in [2.24, 2.45) is 11.8 Å². The standard InChI is InChI=1S/C42H53N5O8/c1-24(2)37(46-40(51)53-6)39(50)47-17-7-8-34(47)38-43-22-33(45-38)28-12-15-31-26(20-28)10-11-27-21-29(13-16-32(27)31)35(48)23-54-36(49)19-25-9-14-30(18-25)44-41(52)55-42(3,4)5/h12-13,15-16,20-22,24-25,30,34,37H,7-11,14,17-19,23H2,1-6H3,(H,43,45)(H,44,52)(H,46,51)/t25-,30+,34-,37-/m0/s1. The predicted molar refractivity (Wildman–Crippen MR) is 205 cm³/mol. The number of methoxy groups -OCH3 is 1. The Balaban J connectivity index is 1.04. The van der Waals surface area contributed by atoms with Crippen LogP contribution in [0.15, 0.2) is 42.6 Å². The number of aromatic amines is 1. The zero-order chi connectivity index (χ0) is 39.4. The summed E-state index contributed by atoms with van der Waals surface area (Å²) < 4.78 is 15.5. The average Bonchev–Trinajstić information content (AvgIpc) is 3.93. The molecular weight excluding hydrogens is 702 g/mol. The summed E-state index contributed by atoms with van der Waals surface area (Å²) in [4.78, 5) is 73.3. The number of carbonyl (C=O) groups excluding carboxylic acids is 5. The number of aromatic nitrogens is 2. The van der Waals surface area contributed by atoms with Crippen molar-refractivity contribution in [3.63, 3.8) is 0 Å². The molecule has 6 rings (SSSR count). The van der Waals surface area contributed by atoms with Gasteiger partial charge in [-0.3, -0.25) is 14.4 Å². The van der Waals surface area contributed by atoms with E-state index in [2.05, 4.69) is 33.8 Å². The molecule has 3 aromatic rings. The molecule has 13 nitrogen and oxygen atoms in total. The molecule has 2 fully saturated rings. The Hall–Kier alpha value is -5.20. The summed E-state index contributed by atoms with van der Waals surface area (Å²) in [6, 6.07) is 11.0. The lowest BCUT2D eigenvalue weighted by Crippen LogP contribution is -2.51. The maximum Gasteiger partial charge on any atom is 0.407 e. The highest BCUT2D eigenvalue weighted by Gasteiger charge is 2.37. The Morgan fingerprint density at radius 2 is 1.69 bits per heavy atom. The summed E-state index contributed by atoms with van der Waals surface area (Å²) in [5.74, 6) is -0.125. The molecule has 3 N–H and O–H groups in total. The number of aryl methyl sites for hydroxylation is 2. The van der Waals surface area contributed by atoms with Gasteiger partial charge in [0.15, 0.2) is 12.4 Å². The van der Waals surface area contributed by atoms with E-state index in [4.69, 9.17) is 19.2 Å². The highest BCUT2D eigenvalue weighted by molar-refractivity contribution is 5.99. The molecule has 3 aliphatic rings. The normalized spacial score (nSPS) is 19.6. The number of hydrogen-bond acceptors (Lipinski definition) is 9. The number of likely N-dealkylation sites (tertiary alicyclic amines) is 1. The van der Waals surface area contributed by atoms with E-state index in [9.17, 15) is 24.0 Å². The highest BCUT2D eigenvalue weighted by Crippen LogP contribution is 2.38. The summed E-state index contributed by atoms with van der Waals surface area (Å²) in [6.45, 7) is 9.50. The number of alkyl carbamates (subject to hydrolysis) is 2. The van der Waals surface area contributed by atoms with Gasteiger partial charge in [0.25, 0.3) is 0 Å². The van der Waals surface area contributed by atoms with Crippen LogP contribution < -0.4 is 10.6 Å². The number of fused-ring (bicyclic) bond motifs is 3. The number of nitrogens with one attached hydrogen (secondary N) is 3. The summed E-state index contributed by atoms with van der Waals surface area (Å²) in [6.07, 6.45) is 6.31. The Kier molecular flexibility index (Phi) is 12.0. The average molecular weight is 756 g/mol. The molecule has 0 unspecified atom stereocenters. The zero-order valence-corrected chi connectivity index (χ0v) is 32.7. The second-order valence-electron chi connectivity index (χ2n) is 16.3. The van der Waals surface area contributed by atoms with Gasteiger partial charge >= 0.3 is 18.2 Å². The van der Waals surface area contributed by atoms with Gasteiger partial charge in [0.1, 0.15) is 17.5 Å². The molecule has 0 bridgehead atoms. The fraction of sp³-hybridized carbons (Fsp3) is 0.524. The van der Waals surface area contributed by atoms with Gasteiger partial charge in [-0.25, -0.2) is 14.6 Å². The van der Waals surface area contributed by atoms with Crippen molar-refractivity contribution in [3.05, 3.63) is 65.1 Å². The molecule has 1 aromatic heterocycles. The Morgan fingerprint density at radius 1 is 0.964 bits per heavy atom. The molecule has 0 radical (unpaired) electrons. The topological polar surface area (TPSA) is 169 Å². The molecule has 294 valence electrons. The van der Waals surface area contributed by atoms with Crippen LogP contribution in [0.25, 0.3) is 22.4 Å². The lowest BCUT2D eigenvalue weighted by atomic mass is 9.83. The largest absolute Gasteiger partial charge is 0.457 e. The Bertz CT molecular complexity index is 1930. The molecule has 55 heavy (non-hydrogen) atoms. The number of ketones is 1. The second-order valence-corrected chi connectivity index (χ2v) is 16.3. The third kappa shape index (κ3) is 9.55. The minimum absolute atomic E-state index is 0.0469. The van der Waals surface area contributed by atoms with Crippen LogP contribution in [0.2, 0.25) is 0 Å². The smallest absolute Gasteiger partial charge is 0.407 e. The van der Waals surface area contributed by atoms with E-state index >= 15 is 0 Å². The van der Waals surface area contributed by atoms with E-state index in [0.29, 0.717) is 24.4 Å². The van der Waals surface area contributed by atoms with Crippen molar-refractivity contribution < 1.29 is 38.2 Å². The van der Waals surface area contributed by atoms with Crippen LogP contribution in [0.5, 0.6) is 0 Å². The van der Waals surface area contributed by atoms with Crippen molar-refractivity contribution in [3.8, 4) is 22.4 Å². The summed E-state index contributed by atoms with van der Waals surface area (Å²) in [5.41, 5.74) is 6.23. The first-order valence-corrected chi connectivity index (χ1v) is 19.3. The molecule has 0 spiro atoms. The second kappa shape index (κ2) is 16.7. The zero-order valence-electron chi connectivity index (χ0n) is 32.7. The number of amides is 3. The maximum atomic E-state index is 13.6. The first kappa shape index (κ1) is 39.5. The van der Waals surface area contributed by atoms with E-state index < -0.39 is 29.8 Å². The lowest BCUT2D eigenvalue weighted by Gasteiger charge is -2.30. The number of benzene rings is 2. The lowest BCUT2D eigenvalue weighted by molar-refractivity contribution is -0.143. The molecule has 2 aromatic carbocycles. The predicted octanol–water partition coefficient (Wildman–Crippen LogP) is 6.70. The molecule has 2 heterocycles. The number of Topliss-reactive ketones (excluding diaryl/α,β-unsaturated/α-hetero) is 1. The van der Waals surface area contributed by atoms with Crippen LogP contribution in [-0.4, -0.2) is 82.7 Å². The minimum atomic E-state index is -0.698. The van der Waals surface area contributed by atoms with Crippen molar-refractivity contribution in [2.75, 3.05) is 20.3 Å². The molecule has 3 amide bonds. The monoisotopic (exact) mass is 755 g/mol. The fourth-order valence-electron chi connectivity index (χ4n) is 7.97. The van der Waals surface area contributed by atoms with Crippen LogP contribution in [0.1, 0.15) is 106 Å². The van der Waals surface area contributed by atoms with E-state index in [-0.39, 0.29) is 48.6 Å². The highest BCUT2D eigenvalue weighted by atomic mass is 16.6. The number of rotatable bonds is 11. The number of imidazole rings is 1. The molecule has 1 saturated carbocycles. The van der Waals surface area contributed by atoms with Crippen LogP contribution in [0.3, 0.4) is 0 Å². The molecule has 4 atom stereocenters. The van der Waals surface area contributed by atoms with E-state index in [1.807, 2.05) is 46.8 Å². The van der Waals surface area contributed by atoms with Gasteiger partial charge in [-0.15, -0.1) is 0 Å². The van der Waals surface area contributed by atoms with Crippen molar-refractivity contribution >= 4 is 29.8 Å². The molecule has 1 saturated heterocycles. The first-order chi connectivity index (χ1) is 26.2. The molecule has 13 heteroatoms. The van der Waals surface area contributed by atoms with Crippen LogP contribution in [0.4, 0.5) is 9.59 Å². The third-order valence-electron chi connectivity index (χ3n) is 10.7. The van der Waals surface area contributed by atoms with Gasteiger partial charge in [-0.1, -0.05) is 38.1 Å². The number of carbonyl (C=O) groups is 5. The summed E-state index contributed by atoms with van der Waals surface area (Å²) in [7, 11) is 1.28. The van der Waals surface area contributed by atoms with Crippen LogP contribution in [0, 0.1) is 11.8 Å². The van der Waals surface area contributed by atoms with Gasteiger partial charge in [-0.05, 0) is 118 Å². The van der Waals surface area contributed by atoms with Gasteiger partial charge in [0.05, 0.1) is 25.0 Å². The number of ether oxygens (including phenoxy) is 3.